The van der Waals surface area contributed by atoms with Gasteiger partial charge in [0.15, 0.2) is 5.76 Å². The van der Waals surface area contributed by atoms with Gasteiger partial charge < -0.3 is 4.18 Å². The maximum absolute atomic E-state index is 11.1. The van der Waals surface area contributed by atoms with Crippen LogP contribution in [0.4, 0.5) is 0 Å². The highest BCUT2D eigenvalue weighted by atomic mass is 32.3. The van der Waals surface area contributed by atoms with E-state index in [-0.39, 0.29) is 12.4 Å². The second-order valence-corrected chi connectivity index (χ2v) is 5.05. The lowest BCUT2D eigenvalue weighted by Crippen LogP contribution is -1.96. The lowest BCUT2D eigenvalue weighted by atomic mass is 10.6. The minimum absolute atomic E-state index is 0.104. The minimum atomic E-state index is -3.86. The van der Waals surface area contributed by atoms with Crippen molar-refractivity contribution in [1.82, 2.24) is 0 Å². The molecule has 1 aliphatic heterocycles. The van der Waals surface area contributed by atoms with Gasteiger partial charge in [-0.1, -0.05) is 6.92 Å². The van der Waals surface area contributed by atoms with Crippen molar-refractivity contribution >= 4 is 21.2 Å². The molecule has 0 aliphatic carbocycles. The smallest absolute Gasteiger partial charge is 0.363 e. The fourth-order valence-corrected chi connectivity index (χ4v) is 2.43. The third-order valence-corrected chi connectivity index (χ3v) is 3.38. The van der Waals surface area contributed by atoms with Gasteiger partial charge in [0.2, 0.25) is 0 Å². The molecule has 0 saturated carbocycles. The maximum atomic E-state index is 11.1. The zero-order valence-corrected chi connectivity index (χ0v) is 8.69. The van der Waals surface area contributed by atoms with Crippen LogP contribution in [0.15, 0.2) is 11.2 Å². The Morgan fingerprint density at radius 2 is 2.31 bits per heavy atom. The Balaban J connectivity index is 2.60. The predicted molar refractivity (Wildman–Crippen MR) is 47.3 cm³/mol. The minimum Gasteiger partial charge on any atom is -0.363 e. The van der Waals surface area contributed by atoms with Crippen LogP contribution in [0.3, 0.4) is 0 Å². The van der Waals surface area contributed by atoms with Crippen LogP contribution in [0.25, 0.3) is 0 Å². The Morgan fingerprint density at radius 1 is 1.62 bits per heavy atom. The fourth-order valence-electron chi connectivity index (χ4n) is 0.770. The van der Waals surface area contributed by atoms with E-state index in [9.17, 15) is 12.6 Å². The van der Waals surface area contributed by atoms with Gasteiger partial charge in [0.1, 0.15) is 6.61 Å². The largest absolute Gasteiger partial charge is 0.449 e. The molecule has 0 amide bonds. The van der Waals surface area contributed by atoms with E-state index >= 15 is 0 Å². The molecule has 1 heterocycles. The average molecular weight is 226 g/mol. The second-order valence-electron chi connectivity index (χ2n) is 2.42. The van der Waals surface area contributed by atoms with Crippen molar-refractivity contribution in [3.8, 4) is 0 Å². The Bertz CT molecular complexity index is 329. The summed E-state index contributed by atoms with van der Waals surface area (Å²) in [4.78, 5) is 0. The summed E-state index contributed by atoms with van der Waals surface area (Å²) in [5.74, 6) is 0.596. The molecule has 0 bridgehead atoms. The molecule has 1 unspecified atom stereocenters. The van der Waals surface area contributed by atoms with E-state index < -0.39 is 21.2 Å². The topological polar surface area (TPSA) is 69.7 Å². The molecule has 0 aromatic rings. The molecule has 7 heteroatoms. The van der Waals surface area contributed by atoms with Crippen molar-refractivity contribution < 1.29 is 21.0 Å². The highest BCUT2D eigenvalue weighted by molar-refractivity contribution is 7.88. The van der Waals surface area contributed by atoms with E-state index in [1.54, 1.807) is 0 Å². The molecule has 0 N–H and O–H groups in total. The van der Waals surface area contributed by atoms with E-state index in [0.29, 0.717) is 5.75 Å². The first-order chi connectivity index (χ1) is 6.03. The molecule has 5 nitrogen and oxygen atoms in total. The molecule has 1 fully saturated rings. The van der Waals surface area contributed by atoms with Crippen LogP contribution in [0.5, 0.6) is 0 Å². The molecule has 0 spiro atoms. The van der Waals surface area contributed by atoms with Gasteiger partial charge >= 0.3 is 10.4 Å². The molecular formula is C6H10O5S2. The first-order valence-electron chi connectivity index (χ1n) is 3.70. The molecule has 1 atom stereocenters. The van der Waals surface area contributed by atoms with Crippen LogP contribution in [-0.2, 0) is 29.6 Å². The van der Waals surface area contributed by atoms with Crippen LogP contribution < -0.4 is 0 Å². The third kappa shape index (κ3) is 3.45. The van der Waals surface area contributed by atoms with E-state index in [4.69, 9.17) is 0 Å². The molecule has 0 aromatic carbocycles. The first-order valence-corrected chi connectivity index (χ1v) is 6.42. The molecule has 0 radical (unpaired) electrons. The summed E-state index contributed by atoms with van der Waals surface area (Å²) in [7, 11) is -5.03. The van der Waals surface area contributed by atoms with Crippen molar-refractivity contribution in [3.05, 3.63) is 11.2 Å². The Morgan fingerprint density at radius 3 is 2.77 bits per heavy atom. The van der Waals surface area contributed by atoms with E-state index in [2.05, 4.69) is 8.37 Å². The number of hydrogen-bond donors (Lipinski definition) is 0. The van der Waals surface area contributed by atoms with E-state index in [0.717, 1.165) is 6.42 Å². The third-order valence-electron chi connectivity index (χ3n) is 1.22. The molecule has 1 aliphatic rings. The molecule has 0 aromatic heterocycles. The van der Waals surface area contributed by atoms with Crippen LogP contribution in [0, 0.1) is 0 Å². The Kier molecular flexibility index (Phi) is 3.46. The summed E-state index contributed by atoms with van der Waals surface area (Å²) in [5, 5.41) is 1.27. The lowest BCUT2D eigenvalue weighted by Gasteiger charge is -1.93. The van der Waals surface area contributed by atoms with Crippen molar-refractivity contribution in [2.45, 2.75) is 13.3 Å². The highest BCUT2D eigenvalue weighted by Gasteiger charge is 2.25. The van der Waals surface area contributed by atoms with Gasteiger partial charge in [0.05, 0.1) is 0 Å². The zero-order chi connectivity index (χ0) is 9.90. The van der Waals surface area contributed by atoms with Crippen LogP contribution in [0.2, 0.25) is 0 Å². The summed E-state index contributed by atoms with van der Waals surface area (Å²) in [6.45, 7) is 1.73. The van der Waals surface area contributed by atoms with Gasteiger partial charge in [-0.2, -0.15) is 8.42 Å². The van der Waals surface area contributed by atoms with Gasteiger partial charge in [0.25, 0.3) is 0 Å². The summed E-state index contributed by atoms with van der Waals surface area (Å²) in [6.07, 6.45) is 0.768. The SMILES string of the molecule is CCCS(=O)C=C1COS(=O)(=O)O1. The van der Waals surface area contributed by atoms with Gasteiger partial charge in [-0.05, 0) is 6.42 Å². The van der Waals surface area contributed by atoms with Crippen LogP contribution in [0.1, 0.15) is 13.3 Å². The summed E-state index contributed by atoms with van der Waals surface area (Å²) in [5.41, 5.74) is 0. The van der Waals surface area contributed by atoms with Gasteiger partial charge in [-0.25, -0.2) is 4.18 Å². The standard InChI is InChI=1S/C6H10O5S2/c1-2-3-12(7)5-6-4-10-13(8,9)11-6/h5H,2-4H2,1H3. The monoisotopic (exact) mass is 226 g/mol. The van der Waals surface area contributed by atoms with Crippen LogP contribution in [-0.4, -0.2) is 25.0 Å². The summed E-state index contributed by atoms with van der Waals surface area (Å²) < 4.78 is 41.0. The predicted octanol–water partition coefficient (Wildman–Crippen LogP) is 0.278. The molecular weight excluding hydrogens is 216 g/mol. The van der Waals surface area contributed by atoms with E-state index in [1.165, 1.54) is 5.41 Å². The second kappa shape index (κ2) is 4.21. The van der Waals surface area contributed by atoms with Gasteiger partial charge in [-0.3, -0.25) is 4.21 Å². The fraction of sp³-hybridized carbons (Fsp3) is 0.667. The molecule has 1 saturated heterocycles. The highest BCUT2D eigenvalue weighted by Crippen LogP contribution is 2.16. The van der Waals surface area contributed by atoms with Crippen molar-refractivity contribution in [1.29, 1.82) is 0 Å². The first kappa shape index (κ1) is 10.7. The van der Waals surface area contributed by atoms with Crippen molar-refractivity contribution in [2.75, 3.05) is 12.4 Å². The lowest BCUT2D eigenvalue weighted by molar-refractivity contribution is 0.360. The van der Waals surface area contributed by atoms with Crippen LogP contribution >= 0.6 is 0 Å². The molecule has 13 heavy (non-hydrogen) atoms. The van der Waals surface area contributed by atoms with E-state index in [1.807, 2.05) is 6.92 Å². The van der Waals surface area contributed by atoms with Gasteiger partial charge in [-0.15, -0.1) is 0 Å². The maximum Gasteiger partial charge on any atom is 0.449 e. The average Bonchev–Trinajstić information content (AvgIpc) is 2.30. The number of hydrogen-bond acceptors (Lipinski definition) is 5. The summed E-state index contributed by atoms with van der Waals surface area (Å²) in [6, 6.07) is 0. The molecule has 1 rings (SSSR count). The Labute approximate surface area is 79.5 Å². The number of rotatable bonds is 3. The van der Waals surface area contributed by atoms with Gasteiger partial charge in [0, 0.05) is 22.0 Å². The Hall–Kier alpha value is -0.400. The van der Waals surface area contributed by atoms with Crippen molar-refractivity contribution in [2.24, 2.45) is 0 Å². The molecule has 76 valence electrons. The van der Waals surface area contributed by atoms with Crippen molar-refractivity contribution in [3.63, 3.8) is 0 Å². The summed E-state index contributed by atoms with van der Waals surface area (Å²) >= 11 is 0. The zero-order valence-electron chi connectivity index (χ0n) is 7.06. The quantitative estimate of drug-likeness (QED) is 0.691. The normalized spacial score (nSPS) is 25.8.